The summed E-state index contributed by atoms with van der Waals surface area (Å²) in [6.07, 6.45) is 0. The Morgan fingerprint density at radius 3 is 1.44 bits per heavy atom. The van der Waals surface area contributed by atoms with Gasteiger partial charge in [0.25, 0.3) is 0 Å². The largest absolute Gasteiger partial charge is 0.311 e. The van der Waals surface area contributed by atoms with Gasteiger partial charge in [0, 0.05) is 33.4 Å². The van der Waals surface area contributed by atoms with E-state index < -0.39 is 5.41 Å². The molecule has 0 unspecified atom stereocenters. The molecule has 0 radical (unpaired) electrons. The molecule has 0 aliphatic heterocycles. The molecule has 63 heavy (non-hydrogen) atoms. The normalized spacial score (nSPS) is 12.6. The minimum absolute atomic E-state index is 0.546. The van der Waals surface area contributed by atoms with Crippen LogP contribution >= 0.6 is 0 Å². The number of anilines is 3. The smallest absolute Gasteiger partial charge is 0.0734 e. The molecule has 0 saturated heterocycles. The second-order valence-corrected chi connectivity index (χ2v) is 16.4. The van der Waals surface area contributed by atoms with Gasteiger partial charge in [0.05, 0.1) is 22.1 Å². The number of hydrogen-bond donors (Lipinski definition) is 0. The molecule has 1 aliphatic carbocycles. The zero-order chi connectivity index (χ0) is 41.7. The van der Waals surface area contributed by atoms with Gasteiger partial charge >= 0.3 is 0 Å². The van der Waals surface area contributed by atoms with Crippen molar-refractivity contribution in [3.8, 4) is 39.1 Å². The van der Waals surface area contributed by atoms with E-state index >= 15 is 0 Å². The summed E-state index contributed by atoms with van der Waals surface area (Å²) in [5.74, 6) is 0. The van der Waals surface area contributed by atoms with Crippen molar-refractivity contribution in [3.05, 3.63) is 277 Å². The van der Waals surface area contributed by atoms with Crippen LogP contribution in [0.15, 0.2) is 255 Å². The Bertz CT molecular complexity index is 3350. The van der Waals surface area contributed by atoms with E-state index in [1.165, 1.54) is 83.1 Å². The maximum Gasteiger partial charge on any atom is 0.0734 e. The molecular formula is C61H42N2. The maximum atomic E-state index is 2.54. The number of fused-ring (bicyclic) bond motifs is 6. The van der Waals surface area contributed by atoms with E-state index in [0.717, 1.165) is 17.1 Å². The molecule has 0 N–H and O–H groups in total. The maximum absolute atomic E-state index is 2.54. The van der Waals surface area contributed by atoms with E-state index in [-0.39, 0.29) is 0 Å². The van der Waals surface area contributed by atoms with Crippen LogP contribution in [0.4, 0.5) is 17.1 Å². The average molecular weight is 803 g/mol. The fourth-order valence-electron chi connectivity index (χ4n) is 10.4. The second kappa shape index (κ2) is 15.1. The monoisotopic (exact) mass is 802 g/mol. The van der Waals surface area contributed by atoms with E-state index in [9.17, 15) is 0 Å². The highest BCUT2D eigenvalue weighted by atomic mass is 15.1. The molecule has 1 aromatic heterocycles. The van der Waals surface area contributed by atoms with Crippen LogP contribution in [0.5, 0.6) is 0 Å². The summed E-state index contributed by atoms with van der Waals surface area (Å²) in [4.78, 5) is 2.31. The molecule has 0 atom stereocenters. The Morgan fingerprint density at radius 1 is 0.317 bits per heavy atom. The molecule has 10 aromatic carbocycles. The summed E-state index contributed by atoms with van der Waals surface area (Å²) in [5, 5.41) is 2.47. The summed E-state index contributed by atoms with van der Waals surface area (Å²) >= 11 is 0. The van der Waals surface area contributed by atoms with E-state index in [1.54, 1.807) is 0 Å². The van der Waals surface area contributed by atoms with Crippen molar-refractivity contribution in [1.29, 1.82) is 0 Å². The van der Waals surface area contributed by atoms with Crippen molar-refractivity contribution >= 4 is 38.9 Å². The first-order valence-corrected chi connectivity index (χ1v) is 21.8. The number of hydrogen-bond acceptors (Lipinski definition) is 1. The number of para-hydroxylation sites is 3. The van der Waals surface area contributed by atoms with Gasteiger partial charge in [-0.15, -0.1) is 0 Å². The third-order valence-electron chi connectivity index (χ3n) is 13.1. The lowest BCUT2D eigenvalue weighted by Gasteiger charge is -2.35. The van der Waals surface area contributed by atoms with Crippen molar-refractivity contribution in [3.63, 3.8) is 0 Å². The lowest BCUT2D eigenvalue weighted by atomic mass is 9.67. The first-order chi connectivity index (χ1) is 31.3. The van der Waals surface area contributed by atoms with Gasteiger partial charge in [-0.05, 0) is 105 Å². The van der Waals surface area contributed by atoms with Crippen molar-refractivity contribution in [2.75, 3.05) is 4.90 Å². The summed E-state index contributed by atoms with van der Waals surface area (Å²) < 4.78 is 2.54. The van der Waals surface area contributed by atoms with Gasteiger partial charge < -0.3 is 9.47 Å². The number of rotatable bonds is 8. The summed E-state index contributed by atoms with van der Waals surface area (Å²) in [5.41, 5.74) is 18.8. The fraction of sp³-hybridized carbons (Fsp3) is 0.0164. The molecule has 296 valence electrons. The van der Waals surface area contributed by atoms with Gasteiger partial charge in [-0.25, -0.2) is 0 Å². The first kappa shape index (κ1) is 36.6. The predicted octanol–water partition coefficient (Wildman–Crippen LogP) is 16.0. The quantitative estimate of drug-likeness (QED) is 0.149. The Kier molecular flexibility index (Phi) is 8.76. The molecule has 2 heteroatoms. The van der Waals surface area contributed by atoms with Gasteiger partial charge in [-0.3, -0.25) is 0 Å². The van der Waals surface area contributed by atoms with Gasteiger partial charge in [0.1, 0.15) is 0 Å². The molecule has 2 nitrogen and oxygen atoms in total. The minimum atomic E-state index is -0.546. The van der Waals surface area contributed by atoms with Gasteiger partial charge in [-0.1, -0.05) is 200 Å². The van der Waals surface area contributed by atoms with Crippen LogP contribution < -0.4 is 4.90 Å². The third kappa shape index (κ3) is 5.80. The van der Waals surface area contributed by atoms with Crippen LogP contribution in [0, 0.1) is 0 Å². The van der Waals surface area contributed by atoms with E-state index in [1.807, 2.05) is 0 Å². The Hall–Kier alpha value is -8.20. The van der Waals surface area contributed by atoms with Crippen LogP contribution in [0.3, 0.4) is 0 Å². The van der Waals surface area contributed by atoms with E-state index in [2.05, 4.69) is 264 Å². The minimum Gasteiger partial charge on any atom is -0.311 e. The van der Waals surface area contributed by atoms with Crippen molar-refractivity contribution in [2.24, 2.45) is 0 Å². The van der Waals surface area contributed by atoms with Gasteiger partial charge in [0.2, 0.25) is 0 Å². The molecule has 0 fully saturated rings. The topological polar surface area (TPSA) is 8.17 Å². The van der Waals surface area contributed by atoms with E-state index in [0.29, 0.717) is 0 Å². The summed E-state index contributed by atoms with van der Waals surface area (Å²) in [7, 11) is 0. The number of benzene rings is 10. The molecule has 0 amide bonds. The van der Waals surface area contributed by atoms with Crippen molar-refractivity contribution in [2.45, 2.75) is 5.41 Å². The molecule has 1 heterocycles. The van der Waals surface area contributed by atoms with Gasteiger partial charge in [0.15, 0.2) is 0 Å². The average Bonchev–Trinajstić information content (AvgIpc) is 3.86. The summed E-state index contributed by atoms with van der Waals surface area (Å²) in [6.45, 7) is 0. The molecule has 0 bridgehead atoms. The highest BCUT2D eigenvalue weighted by Gasteiger charge is 2.48. The highest BCUT2D eigenvalue weighted by molar-refractivity contribution is 6.11. The van der Waals surface area contributed by atoms with Crippen LogP contribution in [0.2, 0.25) is 0 Å². The van der Waals surface area contributed by atoms with Crippen molar-refractivity contribution < 1.29 is 0 Å². The number of nitrogens with zero attached hydrogens (tertiary/aromatic N) is 2. The molecule has 11 aromatic rings. The van der Waals surface area contributed by atoms with Crippen LogP contribution in [-0.4, -0.2) is 4.57 Å². The zero-order valence-corrected chi connectivity index (χ0v) is 34.6. The van der Waals surface area contributed by atoms with Gasteiger partial charge in [-0.2, -0.15) is 0 Å². The summed E-state index contributed by atoms with van der Waals surface area (Å²) in [6, 6.07) is 93.2. The van der Waals surface area contributed by atoms with Crippen LogP contribution in [0.25, 0.3) is 60.9 Å². The Morgan fingerprint density at radius 2 is 0.794 bits per heavy atom. The van der Waals surface area contributed by atoms with E-state index in [4.69, 9.17) is 0 Å². The number of aromatic nitrogens is 1. The SMILES string of the molecule is c1ccc(N(c2ccccc2)c2ccc(-c3ccccc3-c3ccc4c5ccccc5n(-c5cccc6c5C(c5ccccc5)(c5ccccc5)c5ccccc5-6)c4c3)cc2)cc1. The standard InChI is InChI=1S/C61H42N2/c1-5-20-45(21-6-1)61(46-22-7-2-8-23-46)56-33-17-15-30-52(56)55-32-19-35-58(60(55)61)63-57-34-18-16-31-53(57)54-41-38-44(42-59(54)63)51-29-14-13-28-50(51)43-36-39-49(40-37-43)62(47-24-9-3-10-25-47)48-26-11-4-12-27-48/h1-42H. The lowest BCUT2D eigenvalue weighted by molar-refractivity contribution is 0.762. The Labute approximate surface area is 368 Å². The lowest BCUT2D eigenvalue weighted by Crippen LogP contribution is -2.29. The first-order valence-electron chi connectivity index (χ1n) is 21.8. The molecule has 0 saturated carbocycles. The molecule has 1 aliphatic rings. The predicted molar refractivity (Wildman–Crippen MR) is 264 cm³/mol. The highest BCUT2D eigenvalue weighted by Crippen LogP contribution is 2.58. The Balaban J connectivity index is 1.05. The second-order valence-electron chi connectivity index (χ2n) is 16.4. The molecule has 12 rings (SSSR count). The zero-order valence-electron chi connectivity index (χ0n) is 34.6. The molecular weight excluding hydrogens is 761 g/mol. The fourth-order valence-corrected chi connectivity index (χ4v) is 10.4. The third-order valence-corrected chi connectivity index (χ3v) is 13.1. The molecule has 0 spiro atoms. The van der Waals surface area contributed by atoms with Crippen LogP contribution in [-0.2, 0) is 5.41 Å². The van der Waals surface area contributed by atoms with Crippen LogP contribution in [0.1, 0.15) is 22.3 Å². The van der Waals surface area contributed by atoms with Crippen molar-refractivity contribution in [1.82, 2.24) is 4.57 Å².